The van der Waals surface area contributed by atoms with Gasteiger partial charge in [-0.05, 0) is 38.1 Å². The summed E-state index contributed by atoms with van der Waals surface area (Å²) in [5.41, 5.74) is 5.99. The fourth-order valence-electron chi connectivity index (χ4n) is 1.80. The number of anilines is 1. The van der Waals surface area contributed by atoms with Gasteiger partial charge in [0.1, 0.15) is 5.82 Å². The first-order valence-electron chi connectivity index (χ1n) is 6.08. The average Bonchev–Trinajstić information content (AvgIpc) is 2.70. The summed E-state index contributed by atoms with van der Waals surface area (Å²) in [6.07, 6.45) is 1.58. The minimum atomic E-state index is -0.0487. The predicted octanol–water partition coefficient (Wildman–Crippen LogP) is 2.08. The van der Waals surface area contributed by atoms with Crippen LogP contribution in [0.15, 0.2) is 30.5 Å². The van der Waals surface area contributed by atoms with Gasteiger partial charge in [0, 0.05) is 31.7 Å². The van der Waals surface area contributed by atoms with E-state index in [1.54, 1.807) is 32.4 Å². The second-order valence-electron chi connectivity index (χ2n) is 4.70. The maximum Gasteiger partial charge on any atom is 0.254 e. The van der Waals surface area contributed by atoms with Crippen LogP contribution in [0.1, 0.15) is 21.7 Å². The molecule has 0 spiro atoms. The molecular formula is C14H18N4O. The first-order chi connectivity index (χ1) is 8.99. The highest BCUT2D eigenvalue weighted by Gasteiger charge is 2.08. The van der Waals surface area contributed by atoms with E-state index in [2.05, 4.69) is 10.4 Å². The summed E-state index contributed by atoms with van der Waals surface area (Å²) in [4.78, 5) is 17.5. The molecule has 0 radical (unpaired) electrons. The number of aromatic nitrogens is 2. The molecule has 2 rings (SSSR count). The summed E-state index contributed by atoms with van der Waals surface area (Å²) in [6.45, 7) is 4.04. The smallest absolute Gasteiger partial charge is 0.254 e. The van der Waals surface area contributed by atoms with Crippen molar-refractivity contribution in [2.75, 3.05) is 19.5 Å². The Kier molecular flexibility index (Phi) is 3.55. The predicted molar refractivity (Wildman–Crippen MR) is 75.2 cm³/mol. The molecule has 2 heterocycles. The zero-order chi connectivity index (χ0) is 14.0. The average molecular weight is 258 g/mol. The number of amides is 1. The summed E-state index contributed by atoms with van der Waals surface area (Å²) >= 11 is 0. The van der Waals surface area contributed by atoms with Crippen LogP contribution in [0, 0.1) is 13.8 Å². The summed E-state index contributed by atoms with van der Waals surface area (Å²) in [5.74, 6) is 0.657. The number of nitrogens with zero attached hydrogens (tertiary/aromatic N) is 3. The Morgan fingerprint density at radius 1 is 1.16 bits per heavy atom. The lowest BCUT2D eigenvalue weighted by Gasteiger charge is -2.13. The van der Waals surface area contributed by atoms with Gasteiger partial charge >= 0.3 is 0 Å². The van der Waals surface area contributed by atoms with Gasteiger partial charge in [-0.2, -0.15) is 0 Å². The monoisotopic (exact) mass is 258 g/mol. The molecule has 2 aromatic rings. The van der Waals surface area contributed by atoms with Crippen molar-refractivity contribution in [2.24, 2.45) is 0 Å². The Balaban J connectivity index is 2.18. The molecule has 1 amide bonds. The van der Waals surface area contributed by atoms with Crippen LogP contribution in [0.25, 0.3) is 0 Å². The highest BCUT2D eigenvalue weighted by Crippen LogP contribution is 2.11. The molecule has 5 nitrogen and oxygen atoms in total. The second-order valence-corrected chi connectivity index (χ2v) is 4.70. The Morgan fingerprint density at radius 3 is 2.26 bits per heavy atom. The van der Waals surface area contributed by atoms with E-state index in [0.29, 0.717) is 11.4 Å². The van der Waals surface area contributed by atoms with Crippen LogP contribution in [0.5, 0.6) is 0 Å². The summed E-state index contributed by atoms with van der Waals surface area (Å²) < 4.78 is 1.95. The number of nitrogens with one attached hydrogen (secondary N) is 1. The third-order valence-corrected chi connectivity index (χ3v) is 2.91. The highest BCUT2D eigenvalue weighted by atomic mass is 16.2. The SMILES string of the molecule is Cc1ccc(C)n1Nc1ccc(C(=O)N(C)C)cn1. The molecule has 2 aromatic heterocycles. The van der Waals surface area contributed by atoms with Crippen molar-refractivity contribution in [1.82, 2.24) is 14.6 Å². The summed E-state index contributed by atoms with van der Waals surface area (Å²) in [7, 11) is 3.45. The first kappa shape index (κ1) is 13.1. The molecule has 0 aliphatic rings. The van der Waals surface area contributed by atoms with Crippen LogP contribution in [-0.4, -0.2) is 34.6 Å². The Bertz CT molecular complexity index is 564. The maximum atomic E-state index is 11.7. The molecule has 0 aromatic carbocycles. The van der Waals surface area contributed by atoms with Crippen molar-refractivity contribution in [2.45, 2.75) is 13.8 Å². The minimum absolute atomic E-state index is 0.0487. The van der Waals surface area contributed by atoms with E-state index in [1.165, 1.54) is 4.90 Å². The van der Waals surface area contributed by atoms with Crippen LogP contribution in [-0.2, 0) is 0 Å². The third-order valence-electron chi connectivity index (χ3n) is 2.91. The van der Waals surface area contributed by atoms with E-state index in [4.69, 9.17) is 0 Å². The van der Waals surface area contributed by atoms with Gasteiger partial charge < -0.3 is 4.90 Å². The van der Waals surface area contributed by atoms with Gasteiger partial charge in [0.2, 0.25) is 0 Å². The standard InChI is InChI=1S/C14H18N4O/c1-10-5-6-11(2)18(10)16-13-8-7-12(9-15-13)14(19)17(3)4/h5-9H,1-4H3,(H,15,16). The molecule has 5 heteroatoms. The number of pyridine rings is 1. The first-order valence-corrected chi connectivity index (χ1v) is 6.08. The lowest BCUT2D eigenvalue weighted by molar-refractivity contribution is 0.0827. The van der Waals surface area contributed by atoms with Gasteiger partial charge in [-0.3, -0.25) is 14.9 Å². The molecule has 0 aliphatic carbocycles. The number of carbonyl (C=O) groups is 1. The van der Waals surface area contributed by atoms with Crippen molar-refractivity contribution in [3.63, 3.8) is 0 Å². The van der Waals surface area contributed by atoms with Gasteiger partial charge in [-0.1, -0.05) is 0 Å². The Morgan fingerprint density at radius 2 is 1.79 bits per heavy atom. The highest BCUT2D eigenvalue weighted by molar-refractivity contribution is 5.93. The summed E-state index contributed by atoms with van der Waals surface area (Å²) in [5, 5.41) is 0. The zero-order valence-corrected chi connectivity index (χ0v) is 11.6. The molecule has 0 unspecified atom stereocenters. The van der Waals surface area contributed by atoms with E-state index in [9.17, 15) is 4.79 Å². The largest absolute Gasteiger partial charge is 0.345 e. The minimum Gasteiger partial charge on any atom is -0.345 e. The van der Waals surface area contributed by atoms with E-state index >= 15 is 0 Å². The maximum absolute atomic E-state index is 11.7. The Hall–Kier alpha value is -2.30. The molecule has 0 saturated heterocycles. The molecule has 1 N–H and O–H groups in total. The van der Waals surface area contributed by atoms with E-state index < -0.39 is 0 Å². The molecule has 0 aliphatic heterocycles. The lowest BCUT2D eigenvalue weighted by Crippen LogP contribution is -2.22. The number of carbonyl (C=O) groups excluding carboxylic acids is 1. The van der Waals surface area contributed by atoms with E-state index in [1.807, 2.05) is 30.7 Å². The molecule has 0 atom stereocenters. The molecule has 0 fully saturated rings. The third kappa shape index (κ3) is 2.76. The van der Waals surface area contributed by atoms with Crippen molar-refractivity contribution in [3.05, 3.63) is 47.4 Å². The quantitative estimate of drug-likeness (QED) is 0.917. The van der Waals surface area contributed by atoms with Crippen LogP contribution in [0.2, 0.25) is 0 Å². The van der Waals surface area contributed by atoms with Crippen LogP contribution >= 0.6 is 0 Å². The van der Waals surface area contributed by atoms with Crippen LogP contribution in [0.4, 0.5) is 5.82 Å². The van der Waals surface area contributed by atoms with E-state index in [0.717, 1.165) is 11.4 Å². The molecule has 100 valence electrons. The van der Waals surface area contributed by atoms with Crippen LogP contribution < -0.4 is 5.43 Å². The van der Waals surface area contributed by atoms with E-state index in [-0.39, 0.29) is 5.91 Å². The lowest BCUT2D eigenvalue weighted by atomic mass is 10.2. The number of hydrogen-bond donors (Lipinski definition) is 1. The van der Waals surface area contributed by atoms with Gasteiger partial charge in [-0.25, -0.2) is 4.98 Å². The normalized spacial score (nSPS) is 10.3. The number of hydrogen-bond acceptors (Lipinski definition) is 3. The fourth-order valence-corrected chi connectivity index (χ4v) is 1.80. The molecule has 19 heavy (non-hydrogen) atoms. The van der Waals surface area contributed by atoms with Gasteiger partial charge in [0.15, 0.2) is 0 Å². The molecular weight excluding hydrogens is 240 g/mol. The van der Waals surface area contributed by atoms with Crippen molar-refractivity contribution in [1.29, 1.82) is 0 Å². The number of rotatable bonds is 3. The molecule has 0 saturated carbocycles. The zero-order valence-electron chi connectivity index (χ0n) is 11.6. The summed E-state index contributed by atoms with van der Waals surface area (Å²) in [6, 6.07) is 7.64. The van der Waals surface area contributed by atoms with Crippen molar-refractivity contribution in [3.8, 4) is 0 Å². The van der Waals surface area contributed by atoms with Crippen LogP contribution in [0.3, 0.4) is 0 Å². The number of aryl methyl sites for hydroxylation is 2. The van der Waals surface area contributed by atoms with Gasteiger partial charge in [-0.15, -0.1) is 0 Å². The van der Waals surface area contributed by atoms with Gasteiger partial charge in [0.25, 0.3) is 5.91 Å². The van der Waals surface area contributed by atoms with Crippen molar-refractivity contribution >= 4 is 11.7 Å². The van der Waals surface area contributed by atoms with Gasteiger partial charge in [0.05, 0.1) is 5.56 Å². The fraction of sp³-hybridized carbons (Fsp3) is 0.286. The van der Waals surface area contributed by atoms with Crippen molar-refractivity contribution < 1.29 is 4.79 Å². The Labute approximate surface area is 112 Å². The topological polar surface area (TPSA) is 50.2 Å². The second kappa shape index (κ2) is 5.14. The molecule has 0 bridgehead atoms.